The minimum absolute atomic E-state index is 0.0613. The molecule has 1 aromatic rings. The molecule has 0 heterocycles. The molecule has 0 radical (unpaired) electrons. The van der Waals surface area contributed by atoms with E-state index in [0.717, 1.165) is 4.90 Å². The molecule has 1 rings (SSSR count). The first kappa shape index (κ1) is 15.9. The van der Waals surface area contributed by atoms with Gasteiger partial charge in [-0.1, -0.05) is 11.6 Å². The maximum atomic E-state index is 11.6. The molecule has 0 aromatic heterocycles. The molecule has 0 saturated heterocycles. The standard InChI is InChI=1S/C13H16ClNO3S/c1-9(2-7-13(17)18)15-12(16)8-19-11-5-3-10(14)4-6-11/h3-6,9H,2,7-8H2,1H3,(H,15,16)(H,17,18). The Labute approximate surface area is 121 Å². The number of halogens is 1. The zero-order valence-corrected chi connectivity index (χ0v) is 12.1. The molecule has 2 N–H and O–H groups in total. The van der Waals surface area contributed by atoms with Crippen molar-refractivity contribution in [2.45, 2.75) is 30.7 Å². The molecule has 0 aliphatic carbocycles. The van der Waals surface area contributed by atoms with E-state index in [0.29, 0.717) is 17.2 Å². The summed E-state index contributed by atoms with van der Waals surface area (Å²) in [6.07, 6.45) is 0.498. The highest BCUT2D eigenvalue weighted by molar-refractivity contribution is 8.00. The molecule has 104 valence electrons. The fourth-order valence-electron chi connectivity index (χ4n) is 1.41. The number of amides is 1. The van der Waals surface area contributed by atoms with Crippen LogP contribution in [0.5, 0.6) is 0 Å². The van der Waals surface area contributed by atoms with Gasteiger partial charge in [0.15, 0.2) is 0 Å². The zero-order chi connectivity index (χ0) is 14.3. The third-order valence-electron chi connectivity index (χ3n) is 2.38. The van der Waals surface area contributed by atoms with Gasteiger partial charge in [0.1, 0.15) is 0 Å². The Morgan fingerprint density at radius 3 is 2.58 bits per heavy atom. The molecule has 0 aliphatic heterocycles. The van der Waals surface area contributed by atoms with Crippen molar-refractivity contribution in [3.63, 3.8) is 0 Å². The molecule has 0 bridgehead atoms. The van der Waals surface area contributed by atoms with Crippen molar-refractivity contribution in [3.8, 4) is 0 Å². The number of hydrogen-bond acceptors (Lipinski definition) is 3. The summed E-state index contributed by atoms with van der Waals surface area (Å²) in [5.74, 6) is -0.645. The van der Waals surface area contributed by atoms with Crippen molar-refractivity contribution < 1.29 is 14.7 Å². The van der Waals surface area contributed by atoms with Crippen LogP contribution in [0.4, 0.5) is 0 Å². The topological polar surface area (TPSA) is 66.4 Å². The summed E-state index contributed by atoms with van der Waals surface area (Å²) in [5, 5.41) is 12.0. The summed E-state index contributed by atoms with van der Waals surface area (Å²) < 4.78 is 0. The van der Waals surface area contributed by atoms with E-state index in [1.165, 1.54) is 11.8 Å². The Morgan fingerprint density at radius 1 is 1.37 bits per heavy atom. The van der Waals surface area contributed by atoms with E-state index in [9.17, 15) is 9.59 Å². The third-order valence-corrected chi connectivity index (χ3v) is 3.65. The van der Waals surface area contributed by atoms with Gasteiger partial charge in [-0.2, -0.15) is 0 Å². The monoisotopic (exact) mass is 301 g/mol. The van der Waals surface area contributed by atoms with Crippen LogP contribution in [0.25, 0.3) is 0 Å². The number of rotatable bonds is 7. The highest BCUT2D eigenvalue weighted by atomic mass is 35.5. The molecule has 6 heteroatoms. The number of benzene rings is 1. The molecular weight excluding hydrogens is 286 g/mol. The molecule has 1 amide bonds. The number of carboxylic acids is 1. The summed E-state index contributed by atoms with van der Waals surface area (Å²) >= 11 is 7.18. The Morgan fingerprint density at radius 2 is 2.00 bits per heavy atom. The molecule has 4 nitrogen and oxygen atoms in total. The van der Waals surface area contributed by atoms with Crippen LogP contribution in [-0.2, 0) is 9.59 Å². The quantitative estimate of drug-likeness (QED) is 0.760. The van der Waals surface area contributed by atoms with E-state index in [2.05, 4.69) is 5.32 Å². The van der Waals surface area contributed by atoms with E-state index in [1.54, 1.807) is 19.1 Å². The van der Waals surface area contributed by atoms with Crippen LogP contribution in [0.15, 0.2) is 29.2 Å². The van der Waals surface area contributed by atoms with E-state index in [4.69, 9.17) is 16.7 Å². The van der Waals surface area contributed by atoms with Gasteiger partial charge in [-0.25, -0.2) is 0 Å². The largest absolute Gasteiger partial charge is 0.481 e. The molecule has 19 heavy (non-hydrogen) atoms. The first-order valence-electron chi connectivity index (χ1n) is 5.87. The summed E-state index contributed by atoms with van der Waals surface area (Å²) in [6.45, 7) is 1.80. The second-order valence-corrected chi connectivity index (χ2v) is 5.63. The van der Waals surface area contributed by atoms with Gasteiger partial charge in [0, 0.05) is 22.4 Å². The van der Waals surface area contributed by atoms with Gasteiger partial charge in [-0.3, -0.25) is 9.59 Å². The van der Waals surface area contributed by atoms with Gasteiger partial charge in [0.25, 0.3) is 0 Å². The lowest BCUT2D eigenvalue weighted by Gasteiger charge is -2.12. The van der Waals surface area contributed by atoms with Gasteiger partial charge in [-0.15, -0.1) is 11.8 Å². The number of hydrogen-bond donors (Lipinski definition) is 2. The van der Waals surface area contributed by atoms with Crippen molar-refractivity contribution in [1.29, 1.82) is 0 Å². The van der Waals surface area contributed by atoms with Crippen LogP contribution in [0.2, 0.25) is 5.02 Å². The van der Waals surface area contributed by atoms with Crippen molar-refractivity contribution in [3.05, 3.63) is 29.3 Å². The first-order valence-corrected chi connectivity index (χ1v) is 7.23. The lowest BCUT2D eigenvalue weighted by molar-refractivity contribution is -0.137. The average Bonchev–Trinajstić information content (AvgIpc) is 2.36. The molecule has 0 fully saturated rings. The van der Waals surface area contributed by atoms with Crippen LogP contribution in [0.1, 0.15) is 19.8 Å². The van der Waals surface area contributed by atoms with Gasteiger partial charge in [0.2, 0.25) is 5.91 Å². The van der Waals surface area contributed by atoms with Gasteiger partial charge >= 0.3 is 5.97 Å². The second kappa shape index (κ2) is 8.07. The summed E-state index contributed by atoms with van der Waals surface area (Å²) in [4.78, 5) is 23.0. The highest BCUT2D eigenvalue weighted by Gasteiger charge is 2.09. The van der Waals surface area contributed by atoms with Crippen molar-refractivity contribution in [2.24, 2.45) is 0 Å². The molecule has 0 aliphatic rings. The fourth-order valence-corrected chi connectivity index (χ4v) is 2.24. The number of aliphatic carboxylic acids is 1. The molecule has 1 unspecified atom stereocenters. The van der Waals surface area contributed by atoms with Gasteiger partial charge < -0.3 is 10.4 Å². The highest BCUT2D eigenvalue weighted by Crippen LogP contribution is 2.19. The Kier molecular flexibility index (Phi) is 6.73. The number of nitrogens with one attached hydrogen (secondary N) is 1. The fraction of sp³-hybridized carbons (Fsp3) is 0.385. The summed E-state index contributed by atoms with van der Waals surface area (Å²) in [6, 6.07) is 7.13. The molecule has 0 spiro atoms. The van der Waals surface area contributed by atoms with E-state index < -0.39 is 5.97 Å². The van der Waals surface area contributed by atoms with Gasteiger partial charge in [0.05, 0.1) is 5.75 Å². The third kappa shape index (κ3) is 7.08. The second-order valence-electron chi connectivity index (χ2n) is 4.14. The van der Waals surface area contributed by atoms with Crippen LogP contribution >= 0.6 is 23.4 Å². The van der Waals surface area contributed by atoms with Crippen LogP contribution < -0.4 is 5.32 Å². The van der Waals surface area contributed by atoms with Crippen molar-refractivity contribution in [2.75, 3.05) is 5.75 Å². The Hall–Kier alpha value is -1.20. The average molecular weight is 302 g/mol. The predicted octanol–water partition coefficient (Wildman–Crippen LogP) is 2.80. The normalized spacial score (nSPS) is 11.9. The minimum atomic E-state index is -0.850. The van der Waals surface area contributed by atoms with Crippen molar-refractivity contribution >= 4 is 35.2 Å². The number of carbonyl (C=O) groups excluding carboxylic acids is 1. The lowest BCUT2D eigenvalue weighted by atomic mass is 10.2. The smallest absolute Gasteiger partial charge is 0.303 e. The first-order chi connectivity index (χ1) is 8.97. The molecule has 1 aromatic carbocycles. The van der Waals surface area contributed by atoms with Gasteiger partial charge in [-0.05, 0) is 37.6 Å². The van der Waals surface area contributed by atoms with Crippen LogP contribution in [0, 0.1) is 0 Å². The number of carboxylic acid groups (broad SMARTS) is 1. The molecule has 1 atom stereocenters. The predicted molar refractivity (Wildman–Crippen MR) is 76.7 cm³/mol. The number of thioether (sulfide) groups is 1. The summed E-state index contributed by atoms with van der Waals surface area (Å²) in [7, 11) is 0. The van der Waals surface area contributed by atoms with Crippen LogP contribution in [-0.4, -0.2) is 28.8 Å². The zero-order valence-electron chi connectivity index (χ0n) is 10.6. The van der Waals surface area contributed by atoms with E-state index in [1.807, 2.05) is 12.1 Å². The molecular formula is C13H16ClNO3S. The maximum absolute atomic E-state index is 11.6. The Bertz CT molecular complexity index is 436. The van der Waals surface area contributed by atoms with E-state index >= 15 is 0 Å². The van der Waals surface area contributed by atoms with Crippen molar-refractivity contribution in [1.82, 2.24) is 5.32 Å². The lowest BCUT2D eigenvalue weighted by Crippen LogP contribution is -2.34. The van der Waals surface area contributed by atoms with Crippen LogP contribution in [0.3, 0.4) is 0 Å². The Balaban J connectivity index is 2.27. The van der Waals surface area contributed by atoms with E-state index in [-0.39, 0.29) is 18.4 Å². The molecule has 0 saturated carbocycles. The minimum Gasteiger partial charge on any atom is -0.481 e. The summed E-state index contributed by atoms with van der Waals surface area (Å²) in [5.41, 5.74) is 0. The SMILES string of the molecule is CC(CCC(=O)O)NC(=O)CSc1ccc(Cl)cc1. The number of carbonyl (C=O) groups is 2. The maximum Gasteiger partial charge on any atom is 0.303 e.